The molecule has 0 fully saturated rings. The van der Waals surface area contributed by atoms with Crippen molar-refractivity contribution in [2.24, 2.45) is 0 Å². The van der Waals surface area contributed by atoms with Crippen molar-refractivity contribution in [2.45, 2.75) is 0 Å². The molecular formula is C7H8ClI. The molecule has 0 aromatic heterocycles. The first kappa shape index (κ1) is 9.24. The van der Waals surface area contributed by atoms with Gasteiger partial charge in [-0.3, -0.25) is 0 Å². The van der Waals surface area contributed by atoms with Crippen LogP contribution in [0.3, 0.4) is 0 Å². The number of alkyl halides is 1. The first-order chi connectivity index (χ1) is 4.31. The number of allylic oxidation sites excluding steroid dienone is 5. The maximum atomic E-state index is 5.40. The van der Waals surface area contributed by atoms with E-state index in [0.717, 1.165) is 3.58 Å². The van der Waals surface area contributed by atoms with E-state index < -0.39 is 0 Å². The Bertz CT molecular complexity index is 136. The van der Waals surface area contributed by atoms with Gasteiger partial charge in [-0.05, 0) is 28.7 Å². The van der Waals surface area contributed by atoms with Crippen molar-refractivity contribution in [1.29, 1.82) is 0 Å². The molecule has 0 nitrogen and oxygen atoms in total. The molecule has 9 heavy (non-hydrogen) atoms. The number of hydrogen-bond donors (Lipinski definition) is 0. The van der Waals surface area contributed by atoms with E-state index in [1.54, 1.807) is 6.08 Å². The summed E-state index contributed by atoms with van der Waals surface area (Å²) in [6.07, 6.45) is 7.52. The number of halogens is 2. The Morgan fingerprint density at radius 3 is 2.78 bits per heavy atom. The molecule has 0 heterocycles. The molecule has 0 unspecified atom stereocenters. The van der Waals surface area contributed by atoms with Crippen LogP contribution in [0.25, 0.3) is 0 Å². The fourth-order valence-electron chi connectivity index (χ4n) is 0.325. The minimum atomic E-state index is 0.567. The molecule has 0 spiro atoms. The maximum Gasteiger partial charge on any atom is 0.0407 e. The van der Waals surface area contributed by atoms with Crippen LogP contribution in [-0.2, 0) is 0 Å². The molecule has 0 atom stereocenters. The van der Waals surface area contributed by atoms with Crippen LogP contribution in [0, 0.1) is 0 Å². The SMILES string of the molecule is C=C/C=C(I)\C=C/CCl. The Morgan fingerprint density at radius 2 is 2.33 bits per heavy atom. The van der Waals surface area contributed by atoms with Crippen LogP contribution in [0.5, 0.6) is 0 Å². The lowest BCUT2D eigenvalue weighted by Gasteiger charge is -1.82. The van der Waals surface area contributed by atoms with Gasteiger partial charge in [0.1, 0.15) is 0 Å². The lowest BCUT2D eigenvalue weighted by atomic mass is 10.4. The van der Waals surface area contributed by atoms with Crippen molar-refractivity contribution in [2.75, 3.05) is 5.88 Å². The summed E-state index contributed by atoms with van der Waals surface area (Å²) in [7, 11) is 0. The zero-order valence-corrected chi connectivity index (χ0v) is 7.89. The summed E-state index contributed by atoms with van der Waals surface area (Å²) in [6, 6.07) is 0. The maximum absolute atomic E-state index is 5.40. The molecule has 0 amide bonds. The summed E-state index contributed by atoms with van der Waals surface area (Å²) in [5.74, 6) is 0.567. The fraction of sp³-hybridized carbons (Fsp3) is 0.143. The third-order valence-corrected chi connectivity index (χ3v) is 1.54. The van der Waals surface area contributed by atoms with Crippen LogP contribution in [0.2, 0.25) is 0 Å². The predicted octanol–water partition coefficient (Wildman–Crippen LogP) is 3.29. The zero-order chi connectivity index (χ0) is 7.11. The predicted molar refractivity (Wildman–Crippen MR) is 52.2 cm³/mol. The van der Waals surface area contributed by atoms with Crippen molar-refractivity contribution >= 4 is 34.2 Å². The van der Waals surface area contributed by atoms with Crippen LogP contribution in [0.4, 0.5) is 0 Å². The molecule has 0 rings (SSSR count). The summed E-state index contributed by atoms with van der Waals surface area (Å²) in [5, 5.41) is 0. The minimum absolute atomic E-state index is 0.567. The number of rotatable bonds is 3. The third-order valence-electron chi connectivity index (χ3n) is 0.643. The molecule has 0 aliphatic heterocycles. The van der Waals surface area contributed by atoms with Gasteiger partial charge in [-0.1, -0.05) is 24.8 Å². The molecule has 2 heteroatoms. The summed E-state index contributed by atoms with van der Waals surface area (Å²) < 4.78 is 1.14. The zero-order valence-electron chi connectivity index (χ0n) is 4.98. The van der Waals surface area contributed by atoms with Gasteiger partial charge in [0.2, 0.25) is 0 Å². The molecule has 0 bridgehead atoms. The van der Waals surface area contributed by atoms with E-state index in [9.17, 15) is 0 Å². The largest absolute Gasteiger partial charge is 0.122 e. The average molecular weight is 254 g/mol. The van der Waals surface area contributed by atoms with Crippen LogP contribution in [0.15, 0.2) is 34.5 Å². The first-order valence-electron chi connectivity index (χ1n) is 2.52. The second-order valence-corrected chi connectivity index (χ2v) is 2.90. The van der Waals surface area contributed by atoms with Gasteiger partial charge >= 0.3 is 0 Å². The van der Waals surface area contributed by atoms with E-state index in [4.69, 9.17) is 11.6 Å². The Kier molecular flexibility index (Phi) is 6.53. The molecule has 0 saturated heterocycles. The third kappa shape index (κ3) is 6.12. The minimum Gasteiger partial charge on any atom is -0.122 e. The lowest BCUT2D eigenvalue weighted by molar-refractivity contribution is 1.73. The molecule has 0 aromatic carbocycles. The van der Waals surface area contributed by atoms with Gasteiger partial charge in [0.25, 0.3) is 0 Å². The van der Waals surface area contributed by atoms with Gasteiger partial charge in [0, 0.05) is 9.46 Å². The smallest absolute Gasteiger partial charge is 0.0407 e. The molecule has 0 radical (unpaired) electrons. The number of hydrogen-bond acceptors (Lipinski definition) is 0. The first-order valence-corrected chi connectivity index (χ1v) is 4.13. The molecular weight excluding hydrogens is 246 g/mol. The van der Waals surface area contributed by atoms with E-state index >= 15 is 0 Å². The molecule has 0 aliphatic carbocycles. The van der Waals surface area contributed by atoms with Crippen molar-refractivity contribution in [3.63, 3.8) is 0 Å². The monoisotopic (exact) mass is 254 g/mol. The van der Waals surface area contributed by atoms with Crippen molar-refractivity contribution < 1.29 is 0 Å². The van der Waals surface area contributed by atoms with Gasteiger partial charge in [0.15, 0.2) is 0 Å². The molecule has 0 aromatic rings. The summed E-state index contributed by atoms with van der Waals surface area (Å²) in [5.41, 5.74) is 0. The van der Waals surface area contributed by atoms with E-state index in [2.05, 4.69) is 29.2 Å². The van der Waals surface area contributed by atoms with E-state index in [1.165, 1.54) is 0 Å². The topological polar surface area (TPSA) is 0 Å². The Hall–Kier alpha value is 0.240. The molecule has 0 N–H and O–H groups in total. The van der Waals surface area contributed by atoms with Gasteiger partial charge in [-0.2, -0.15) is 0 Å². The highest BCUT2D eigenvalue weighted by molar-refractivity contribution is 14.1. The van der Waals surface area contributed by atoms with Gasteiger partial charge in [-0.15, -0.1) is 11.6 Å². The van der Waals surface area contributed by atoms with Crippen LogP contribution in [-0.4, -0.2) is 5.88 Å². The van der Waals surface area contributed by atoms with Crippen molar-refractivity contribution in [3.05, 3.63) is 34.5 Å². The van der Waals surface area contributed by atoms with Gasteiger partial charge in [0.05, 0.1) is 0 Å². The summed E-state index contributed by atoms with van der Waals surface area (Å²) in [6.45, 7) is 3.56. The summed E-state index contributed by atoms with van der Waals surface area (Å²) >= 11 is 7.61. The highest BCUT2D eigenvalue weighted by atomic mass is 127. The van der Waals surface area contributed by atoms with Crippen molar-refractivity contribution in [3.8, 4) is 0 Å². The van der Waals surface area contributed by atoms with Crippen LogP contribution < -0.4 is 0 Å². The van der Waals surface area contributed by atoms with E-state index in [1.807, 2.05) is 18.2 Å². The standard InChI is InChI=1S/C7H8ClI/c1-2-4-7(9)5-3-6-8/h2-5H,1,6H2/b5-3-,7-4+. The van der Waals surface area contributed by atoms with E-state index in [0.29, 0.717) is 5.88 Å². The lowest BCUT2D eigenvalue weighted by Crippen LogP contribution is -1.61. The quantitative estimate of drug-likeness (QED) is 0.412. The highest BCUT2D eigenvalue weighted by Gasteiger charge is 1.76. The second kappa shape index (κ2) is 6.36. The fourth-order valence-corrected chi connectivity index (χ4v) is 0.923. The highest BCUT2D eigenvalue weighted by Crippen LogP contribution is 2.06. The van der Waals surface area contributed by atoms with Gasteiger partial charge in [-0.25, -0.2) is 0 Å². The second-order valence-electron chi connectivity index (χ2n) is 1.34. The Labute approximate surface area is 74.4 Å². The van der Waals surface area contributed by atoms with Crippen molar-refractivity contribution in [1.82, 2.24) is 0 Å². The van der Waals surface area contributed by atoms with Crippen LogP contribution in [0.1, 0.15) is 0 Å². The molecule has 0 aliphatic rings. The Morgan fingerprint density at radius 1 is 1.67 bits per heavy atom. The Balaban J connectivity index is 3.74. The van der Waals surface area contributed by atoms with Gasteiger partial charge < -0.3 is 0 Å². The summed E-state index contributed by atoms with van der Waals surface area (Å²) in [4.78, 5) is 0. The normalized spacial score (nSPS) is 12.4. The van der Waals surface area contributed by atoms with Crippen LogP contribution >= 0.6 is 34.2 Å². The molecule has 50 valence electrons. The average Bonchev–Trinajstić information content (AvgIpc) is 1.85. The molecule has 0 saturated carbocycles. The van der Waals surface area contributed by atoms with E-state index in [-0.39, 0.29) is 0 Å².